The smallest absolute Gasteiger partial charge is 0.306 e. The first-order valence-corrected chi connectivity index (χ1v) is 8.04. The van der Waals surface area contributed by atoms with Crippen molar-refractivity contribution in [1.29, 1.82) is 0 Å². The van der Waals surface area contributed by atoms with Gasteiger partial charge in [-0.05, 0) is 25.7 Å². The first-order valence-electron chi connectivity index (χ1n) is 5.98. The van der Waals surface area contributed by atoms with E-state index in [9.17, 15) is 18.0 Å². The summed E-state index contributed by atoms with van der Waals surface area (Å²) in [5, 5.41) is 11.4. The molecule has 18 heavy (non-hydrogen) atoms. The van der Waals surface area contributed by atoms with Gasteiger partial charge < -0.3 is 10.4 Å². The van der Waals surface area contributed by atoms with Gasteiger partial charge in [0.05, 0.1) is 11.7 Å². The molecule has 0 atom stereocenters. The molecule has 7 heteroatoms. The normalized spacial score (nSPS) is 24.5. The second-order valence-electron chi connectivity index (χ2n) is 4.81. The Balaban J connectivity index is 2.30. The quantitative estimate of drug-likeness (QED) is 0.739. The molecule has 2 N–H and O–H groups in total. The average molecular weight is 277 g/mol. The van der Waals surface area contributed by atoms with Crippen LogP contribution in [0, 0.1) is 11.8 Å². The number of hydrogen-bond donors (Lipinski definition) is 2. The molecule has 1 rings (SSSR count). The third-order valence-electron chi connectivity index (χ3n) is 3.22. The Morgan fingerprint density at radius 2 is 1.67 bits per heavy atom. The molecule has 0 aromatic heterocycles. The molecule has 0 unspecified atom stereocenters. The van der Waals surface area contributed by atoms with Gasteiger partial charge in [-0.25, -0.2) is 8.42 Å². The summed E-state index contributed by atoms with van der Waals surface area (Å²) in [5.41, 5.74) is 0. The number of carbonyl (C=O) groups is 2. The highest BCUT2D eigenvalue weighted by molar-refractivity contribution is 7.90. The summed E-state index contributed by atoms with van der Waals surface area (Å²) >= 11 is 0. The lowest BCUT2D eigenvalue weighted by Crippen LogP contribution is -2.36. The van der Waals surface area contributed by atoms with E-state index in [0.717, 1.165) is 6.26 Å². The molecule has 1 fully saturated rings. The van der Waals surface area contributed by atoms with E-state index in [0.29, 0.717) is 25.7 Å². The molecule has 0 saturated heterocycles. The fourth-order valence-electron chi connectivity index (χ4n) is 2.11. The maximum atomic E-state index is 11.7. The van der Waals surface area contributed by atoms with Gasteiger partial charge in [0.15, 0.2) is 0 Å². The Kier molecular flexibility index (Phi) is 5.13. The van der Waals surface area contributed by atoms with Crippen molar-refractivity contribution in [2.45, 2.75) is 25.7 Å². The molecule has 0 bridgehead atoms. The van der Waals surface area contributed by atoms with Crippen molar-refractivity contribution >= 4 is 21.7 Å². The van der Waals surface area contributed by atoms with Crippen LogP contribution in [-0.4, -0.2) is 44.0 Å². The SMILES string of the molecule is CS(=O)(=O)CCNC(=O)C1CCC(C(=O)O)CC1. The Bertz CT molecular complexity index is 409. The van der Waals surface area contributed by atoms with Crippen LogP contribution in [0.2, 0.25) is 0 Å². The second kappa shape index (κ2) is 6.17. The van der Waals surface area contributed by atoms with Crippen molar-refractivity contribution in [2.75, 3.05) is 18.6 Å². The zero-order valence-electron chi connectivity index (χ0n) is 10.4. The van der Waals surface area contributed by atoms with E-state index in [1.165, 1.54) is 0 Å². The Morgan fingerprint density at radius 1 is 1.17 bits per heavy atom. The van der Waals surface area contributed by atoms with Crippen molar-refractivity contribution in [3.8, 4) is 0 Å². The van der Waals surface area contributed by atoms with Gasteiger partial charge in [-0.3, -0.25) is 9.59 Å². The van der Waals surface area contributed by atoms with Gasteiger partial charge >= 0.3 is 5.97 Å². The first-order chi connectivity index (χ1) is 8.29. The number of nitrogens with one attached hydrogen (secondary N) is 1. The molecule has 0 radical (unpaired) electrons. The molecule has 0 aromatic carbocycles. The standard InChI is InChI=1S/C11H19NO5S/c1-18(16,17)7-6-12-10(13)8-2-4-9(5-3-8)11(14)15/h8-9H,2-7H2,1H3,(H,12,13)(H,14,15). The lowest BCUT2D eigenvalue weighted by atomic mass is 9.81. The van der Waals surface area contributed by atoms with Gasteiger partial charge in [-0.1, -0.05) is 0 Å². The number of sulfone groups is 1. The van der Waals surface area contributed by atoms with Crippen LogP contribution in [0.1, 0.15) is 25.7 Å². The number of hydrogen-bond acceptors (Lipinski definition) is 4. The number of carbonyl (C=O) groups excluding carboxylic acids is 1. The van der Waals surface area contributed by atoms with E-state index >= 15 is 0 Å². The van der Waals surface area contributed by atoms with Crippen molar-refractivity contribution < 1.29 is 23.1 Å². The van der Waals surface area contributed by atoms with E-state index in [1.54, 1.807) is 0 Å². The number of carboxylic acid groups (broad SMARTS) is 1. The third kappa shape index (κ3) is 5.03. The van der Waals surface area contributed by atoms with Crippen molar-refractivity contribution in [1.82, 2.24) is 5.32 Å². The molecule has 1 aliphatic rings. The maximum absolute atomic E-state index is 11.7. The molecule has 0 aromatic rings. The van der Waals surface area contributed by atoms with Gasteiger partial charge in [0.25, 0.3) is 0 Å². The summed E-state index contributed by atoms with van der Waals surface area (Å²) in [5.74, 6) is -1.55. The second-order valence-corrected chi connectivity index (χ2v) is 7.07. The average Bonchev–Trinajstić information content (AvgIpc) is 2.27. The molecule has 104 valence electrons. The van der Waals surface area contributed by atoms with Crippen molar-refractivity contribution in [3.63, 3.8) is 0 Å². The van der Waals surface area contributed by atoms with E-state index in [4.69, 9.17) is 5.11 Å². The van der Waals surface area contributed by atoms with Gasteiger partial charge in [0.2, 0.25) is 5.91 Å². The van der Waals surface area contributed by atoms with Crippen LogP contribution in [0.5, 0.6) is 0 Å². The number of rotatable bonds is 5. The van der Waals surface area contributed by atoms with E-state index < -0.39 is 15.8 Å². The van der Waals surface area contributed by atoms with E-state index in [-0.39, 0.29) is 30.0 Å². The Labute approximate surface area is 107 Å². The van der Waals surface area contributed by atoms with Crippen LogP contribution in [-0.2, 0) is 19.4 Å². The molecule has 1 amide bonds. The zero-order chi connectivity index (χ0) is 13.8. The molecule has 6 nitrogen and oxygen atoms in total. The van der Waals surface area contributed by atoms with Crippen molar-refractivity contribution in [2.24, 2.45) is 11.8 Å². The largest absolute Gasteiger partial charge is 0.481 e. The topological polar surface area (TPSA) is 101 Å². The fraction of sp³-hybridized carbons (Fsp3) is 0.818. The first kappa shape index (κ1) is 14.9. The lowest BCUT2D eigenvalue weighted by Gasteiger charge is -2.25. The summed E-state index contributed by atoms with van der Waals surface area (Å²) in [7, 11) is -3.06. The molecular formula is C11H19NO5S. The Morgan fingerprint density at radius 3 is 2.11 bits per heavy atom. The summed E-state index contributed by atoms with van der Waals surface area (Å²) in [6.45, 7) is 0.122. The highest BCUT2D eigenvalue weighted by Crippen LogP contribution is 2.28. The summed E-state index contributed by atoms with van der Waals surface area (Å²) in [4.78, 5) is 22.5. The number of carboxylic acids is 1. The minimum Gasteiger partial charge on any atom is -0.481 e. The summed E-state index contributed by atoms with van der Waals surface area (Å²) in [6.07, 6.45) is 3.26. The monoisotopic (exact) mass is 277 g/mol. The maximum Gasteiger partial charge on any atom is 0.306 e. The molecule has 0 spiro atoms. The number of amides is 1. The highest BCUT2D eigenvalue weighted by atomic mass is 32.2. The predicted molar refractivity (Wildman–Crippen MR) is 65.8 cm³/mol. The molecule has 1 saturated carbocycles. The van der Waals surface area contributed by atoms with Gasteiger partial charge in [0.1, 0.15) is 9.84 Å². The molecule has 0 heterocycles. The molecule has 0 aliphatic heterocycles. The van der Waals surface area contributed by atoms with Crippen LogP contribution in [0.3, 0.4) is 0 Å². The van der Waals surface area contributed by atoms with Crippen LogP contribution in [0.4, 0.5) is 0 Å². The minimum absolute atomic E-state index is 0.0663. The molecular weight excluding hydrogens is 258 g/mol. The zero-order valence-corrected chi connectivity index (χ0v) is 11.2. The van der Waals surface area contributed by atoms with Crippen LogP contribution in [0.15, 0.2) is 0 Å². The van der Waals surface area contributed by atoms with Crippen LogP contribution in [0.25, 0.3) is 0 Å². The minimum atomic E-state index is -3.06. The van der Waals surface area contributed by atoms with E-state index in [2.05, 4.69) is 5.32 Å². The predicted octanol–water partition coefficient (Wildman–Crippen LogP) is 0.0382. The van der Waals surface area contributed by atoms with Crippen LogP contribution >= 0.6 is 0 Å². The van der Waals surface area contributed by atoms with Gasteiger partial charge in [0, 0.05) is 18.7 Å². The van der Waals surface area contributed by atoms with Crippen molar-refractivity contribution in [3.05, 3.63) is 0 Å². The van der Waals surface area contributed by atoms with Crippen LogP contribution < -0.4 is 5.32 Å². The summed E-state index contributed by atoms with van der Waals surface area (Å²) in [6, 6.07) is 0. The Hall–Kier alpha value is -1.11. The highest BCUT2D eigenvalue weighted by Gasteiger charge is 2.29. The van der Waals surface area contributed by atoms with Gasteiger partial charge in [-0.15, -0.1) is 0 Å². The third-order valence-corrected chi connectivity index (χ3v) is 4.17. The van der Waals surface area contributed by atoms with Gasteiger partial charge in [-0.2, -0.15) is 0 Å². The molecule has 1 aliphatic carbocycles. The lowest BCUT2D eigenvalue weighted by molar-refractivity contribution is -0.144. The van der Waals surface area contributed by atoms with E-state index in [1.807, 2.05) is 0 Å². The fourth-order valence-corrected chi connectivity index (χ4v) is 2.58. The number of aliphatic carboxylic acids is 1. The summed E-state index contributed by atoms with van der Waals surface area (Å²) < 4.78 is 21.8.